The predicted octanol–water partition coefficient (Wildman–Crippen LogP) is 1.73. The molecule has 6 aliphatic rings. The van der Waals surface area contributed by atoms with Crippen LogP contribution in [0.5, 0.6) is 0 Å². The molecule has 0 bridgehead atoms. The van der Waals surface area contributed by atoms with Crippen molar-refractivity contribution in [2.24, 2.45) is 46.3 Å². The van der Waals surface area contributed by atoms with Crippen molar-refractivity contribution in [3.05, 3.63) is 0 Å². The Morgan fingerprint density at radius 3 is 2.15 bits per heavy atom. The van der Waals surface area contributed by atoms with Crippen LogP contribution >= 0.6 is 0 Å². The third kappa shape index (κ3) is 7.05. The fraction of sp³-hybridized carbons (Fsp3) is 1.00. The molecule has 52 heavy (non-hydrogen) atoms. The van der Waals surface area contributed by atoms with Crippen LogP contribution < -0.4 is 0 Å². The van der Waals surface area contributed by atoms with E-state index in [9.17, 15) is 35.7 Å². The van der Waals surface area contributed by atoms with Crippen LogP contribution in [0.25, 0.3) is 0 Å². The molecule has 13 heteroatoms. The average Bonchev–Trinajstić information content (AvgIpc) is 3.55. The molecule has 11 unspecified atom stereocenters. The van der Waals surface area contributed by atoms with Crippen molar-refractivity contribution >= 4 is 0 Å². The Balaban J connectivity index is 1.13. The fourth-order valence-electron chi connectivity index (χ4n) is 12.4. The van der Waals surface area contributed by atoms with Gasteiger partial charge in [0.25, 0.3) is 0 Å². The molecule has 6 fully saturated rings. The Morgan fingerprint density at radius 1 is 0.808 bits per heavy atom. The summed E-state index contributed by atoms with van der Waals surface area (Å²) in [5, 5.41) is 77.8. The molecule has 13 nitrogen and oxygen atoms in total. The summed E-state index contributed by atoms with van der Waals surface area (Å²) in [7, 11) is 2.93. The minimum absolute atomic E-state index is 0.0373. The van der Waals surface area contributed by atoms with Crippen molar-refractivity contribution in [1.29, 1.82) is 0 Å². The van der Waals surface area contributed by atoms with E-state index >= 15 is 0 Å². The summed E-state index contributed by atoms with van der Waals surface area (Å²) in [4.78, 5) is 0. The van der Waals surface area contributed by atoms with E-state index in [0.29, 0.717) is 25.7 Å². The molecule has 2 saturated heterocycles. The van der Waals surface area contributed by atoms with Gasteiger partial charge in [-0.25, -0.2) is 0 Å². The highest BCUT2D eigenvalue weighted by molar-refractivity contribution is 5.20. The second-order valence-electron chi connectivity index (χ2n) is 18.2. The van der Waals surface area contributed by atoms with Crippen LogP contribution in [0.2, 0.25) is 0 Å². The van der Waals surface area contributed by atoms with E-state index in [1.54, 1.807) is 0 Å². The number of aliphatic hydroxyl groups excluding tert-OH is 6. The van der Waals surface area contributed by atoms with Crippen LogP contribution in [-0.4, -0.2) is 142 Å². The number of fused-ring (bicyclic) bond motifs is 5. The minimum Gasteiger partial charge on any atom is -0.394 e. The molecule has 0 spiro atoms. The molecule has 2 heterocycles. The van der Waals surface area contributed by atoms with Crippen molar-refractivity contribution in [3.8, 4) is 0 Å². The molecule has 0 aromatic rings. The van der Waals surface area contributed by atoms with Crippen molar-refractivity contribution in [2.45, 2.75) is 172 Å². The first-order valence-electron chi connectivity index (χ1n) is 19.9. The van der Waals surface area contributed by atoms with Crippen molar-refractivity contribution in [3.63, 3.8) is 0 Å². The Bertz CT molecular complexity index is 1190. The summed E-state index contributed by atoms with van der Waals surface area (Å²) in [6, 6.07) is 0. The monoisotopic (exact) mass is 744 g/mol. The van der Waals surface area contributed by atoms with E-state index in [-0.39, 0.29) is 65.5 Å². The van der Waals surface area contributed by atoms with Crippen LogP contribution in [0.3, 0.4) is 0 Å². The summed E-state index contributed by atoms with van der Waals surface area (Å²) in [5.74, 6) is -0.0157. The zero-order valence-corrected chi connectivity index (χ0v) is 32.3. The van der Waals surface area contributed by atoms with E-state index in [1.165, 1.54) is 14.2 Å². The lowest BCUT2D eigenvalue weighted by Gasteiger charge is -2.66. The molecule has 4 aliphatic carbocycles. The molecule has 0 radical (unpaired) electrons. The topological polar surface area (TPSA) is 197 Å². The van der Waals surface area contributed by atoms with Gasteiger partial charge in [-0.2, -0.15) is 0 Å². The van der Waals surface area contributed by atoms with Gasteiger partial charge < -0.3 is 64.2 Å². The lowest BCUT2D eigenvalue weighted by Crippen LogP contribution is -2.68. The Hall–Kier alpha value is -0.520. The summed E-state index contributed by atoms with van der Waals surface area (Å²) >= 11 is 0. The summed E-state index contributed by atoms with van der Waals surface area (Å²) < 4.78 is 35.6. The quantitative estimate of drug-likeness (QED) is 0.153. The number of methoxy groups -OCH3 is 2. The third-order valence-corrected chi connectivity index (χ3v) is 15.1. The maximum absolute atomic E-state index is 12.7. The molecule has 0 amide bonds. The van der Waals surface area contributed by atoms with Crippen molar-refractivity contribution in [1.82, 2.24) is 0 Å². The summed E-state index contributed by atoms with van der Waals surface area (Å²) in [6.45, 7) is 10.3. The molecule has 7 N–H and O–H groups in total. The normalized spacial score (nSPS) is 51.9. The number of rotatable bonds is 12. The zero-order valence-electron chi connectivity index (χ0n) is 32.3. The first-order valence-corrected chi connectivity index (χ1v) is 19.9. The molecule has 0 aromatic carbocycles. The largest absolute Gasteiger partial charge is 0.394 e. The highest BCUT2D eigenvalue weighted by atomic mass is 16.8. The van der Waals surface area contributed by atoms with E-state index in [2.05, 4.69) is 34.6 Å². The van der Waals surface area contributed by atoms with Gasteiger partial charge in [0.05, 0.1) is 43.2 Å². The van der Waals surface area contributed by atoms with Gasteiger partial charge >= 0.3 is 0 Å². The van der Waals surface area contributed by atoms with Crippen LogP contribution in [0.15, 0.2) is 0 Å². The molecular weight excluding hydrogens is 676 g/mol. The Kier molecular flexibility index (Phi) is 12.5. The zero-order chi connectivity index (χ0) is 37.9. The maximum atomic E-state index is 12.7. The highest BCUT2D eigenvalue weighted by Crippen LogP contribution is 2.69. The Morgan fingerprint density at radius 2 is 1.50 bits per heavy atom. The van der Waals surface area contributed by atoms with Gasteiger partial charge in [-0.05, 0) is 91.8 Å². The molecule has 2 aliphatic heterocycles. The fourth-order valence-corrected chi connectivity index (χ4v) is 12.4. The standard InChI is InChI=1S/C39H68O13/c1-19(2)27(50-36-32(30(45)28(17-40)51-36)52-35-33(48-7)31(47-6)26(44)18-49-35)9-8-20(3)22-15-24(42)34-38(22,5)13-11-29-37(4)12-10-21(41)14-23(37)25(43)16-39(29,34)46/h19-36,40-46H,8-18H2,1-7H3/t20-,21+,22-,23?,24-,25+,26?,27+,28?,29?,30?,31?,32?,33?,34?,35?,36?,37+,38-,39+/m1/s1. The maximum Gasteiger partial charge on any atom is 0.187 e. The molecule has 20 atom stereocenters. The van der Waals surface area contributed by atoms with E-state index in [4.69, 9.17) is 28.4 Å². The lowest BCUT2D eigenvalue weighted by atomic mass is 9.42. The molecule has 6 rings (SSSR count). The second-order valence-corrected chi connectivity index (χ2v) is 18.2. The smallest absolute Gasteiger partial charge is 0.187 e. The van der Waals surface area contributed by atoms with Crippen LogP contribution in [0.4, 0.5) is 0 Å². The predicted molar refractivity (Wildman–Crippen MR) is 188 cm³/mol. The molecule has 4 saturated carbocycles. The van der Waals surface area contributed by atoms with Crippen molar-refractivity contribution < 1.29 is 64.2 Å². The van der Waals surface area contributed by atoms with Gasteiger partial charge in [-0.15, -0.1) is 0 Å². The summed E-state index contributed by atoms with van der Waals surface area (Å²) in [6.07, 6.45) is -3.63. The SMILES string of the molecule is COC1C(O)COC(OC2C(O[C@@H](CC[C@@H](C)[C@H]3C[C@@H](O)C4[C@]5(O)C[C@H](O)C6C[C@@H](O)CC[C@]6(C)C5CC[C@@]43C)C(C)C)OC(CO)C2O)C1OC. The Labute approximate surface area is 309 Å². The first-order chi connectivity index (χ1) is 24.5. The van der Waals surface area contributed by atoms with Gasteiger partial charge in [-0.3, -0.25) is 0 Å². The minimum atomic E-state index is -1.21. The molecule has 0 aromatic heterocycles. The van der Waals surface area contributed by atoms with E-state index < -0.39 is 79.7 Å². The van der Waals surface area contributed by atoms with Crippen LogP contribution in [0.1, 0.15) is 92.4 Å². The molecular formula is C39H68O13. The number of hydrogen-bond acceptors (Lipinski definition) is 13. The number of hydrogen-bond donors (Lipinski definition) is 7. The molecule has 302 valence electrons. The van der Waals surface area contributed by atoms with Crippen molar-refractivity contribution in [2.75, 3.05) is 27.4 Å². The summed E-state index contributed by atoms with van der Waals surface area (Å²) in [5.41, 5.74) is -1.78. The first kappa shape index (κ1) is 41.1. The van der Waals surface area contributed by atoms with Gasteiger partial charge in [-0.1, -0.05) is 34.6 Å². The third-order valence-electron chi connectivity index (χ3n) is 15.1. The number of aliphatic hydroxyl groups is 7. The van der Waals surface area contributed by atoms with Gasteiger partial charge in [0.2, 0.25) is 0 Å². The van der Waals surface area contributed by atoms with Gasteiger partial charge in [0.1, 0.15) is 36.6 Å². The lowest BCUT2D eigenvalue weighted by molar-refractivity contribution is -0.313. The van der Waals surface area contributed by atoms with Gasteiger partial charge in [0, 0.05) is 26.6 Å². The van der Waals surface area contributed by atoms with Crippen LogP contribution in [0, 0.1) is 46.3 Å². The highest BCUT2D eigenvalue weighted by Gasteiger charge is 2.70. The average molecular weight is 745 g/mol. The number of ether oxygens (including phenoxy) is 6. The van der Waals surface area contributed by atoms with Gasteiger partial charge in [0.15, 0.2) is 12.6 Å². The second kappa shape index (κ2) is 15.8. The van der Waals surface area contributed by atoms with Crippen LogP contribution in [-0.2, 0) is 28.4 Å². The van der Waals surface area contributed by atoms with E-state index in [0.717, 1.165) is 25.7 Å². The van der Waals surface area contributed by atoms with E-state index in [1.807, 2.05) is 0 Å².